The van der Waals surface area contributed by atoms with E-state index in [1.54, 1.807) is 0 Å². The molecule has 0 aliphatic heterocycles. The molecule has 0 spiro atoms. The van der Waals surface area contributed by atoms with Crippen molar-refractivity contribution in [1.82, 2.24) is 0 Å². The molecule has 0 saturated heterocycles. The highest BCUT2D eigenvalue weighted by molar-refractivity contribution is 8.93. The number of Topliss-reactive ketones (excluding diaryl/α,β-unsaturated/α-hetero) is 1. The van der Waals surface area contributed by atoms with Crippen LogP contribution in [0.25, 0.3) is 0 Å². The summed E-state index contributed by atoms with van der Waals surface area (Å²) in [6.45, 7) is 8.34. The highest BCUT2D eigenvalue weighted by atomic mass is 79.9. The molecule has 0 aromatic heterocycles. The van der Waals surface area contributed by atoms with Gasteiger partial charge in [0.1, 0.15) is 0 Å². The van der Waals surface area contributed by atoms with Gasteiger partial charge in [-0.25, -0.2) is 0 Å². The van der Waals surface area contributed by atoms with Crippen molar-refractivity contribution < 1.29 is 4.79 Å². The van der Waals surface area contributed by atoms with Crippen molar-refractivity contribution in [2.45, 2.75) is 40.5 Å². The average molecular weight is 393 g/mol. The summed E-state index contributed by atoms with van der Waals surface area (Å²) < 4.78 is 0. The maximum absolute atomic E-state index is 11.9. The quantitative estimate of drug-likeness (QED) is 0.512. The molecular formula is C20H26BrOP. The molecule has 0 N–H and O–H groups in total. The number of allylic oxidation sites excluding steroid dienone is 6. The van der Waals surface area contributed by atoms with Crippen LogP contribution in [0.15, 0.2) is 59.2 Å². The van der Waals surface area contributed by atoms with Gasteiger partial charge in [-0.15, -0.1) is 26.2 Å². The van der Waals surface area contributed by atoms with Crippen LogP contribution in [0.2, 0.25) is 0 Å². The van der Waals surface area contributed by atoms with Crippen LogP contribution in [0.1, 0.15) is 39.7 Å². The Labute approximate surface area is 152 Å². The van der Waals surface area contributed by atoms with Gasteiger partial charge < -0.3 is 0 Å². The second kappa shape index (κ2) is 8.22. The number of hydrogen-bond donors (Lipinski definition) is 0. The van der Waals surface area contributed by atoms with Crippen LogP contribution < -0.4 is 5.30 Å². The maximum atomic E-state index is 11.9. The Bertz CT molecular complexity index is 681. The standard InChI is InChI=1S/C20H25OP.BrH/c1-14(9-11-16-7-5-6-8-19(16)22)10-12-17-15(2)18(21)13-20(17,3)4;/h5-10,12H,11,13,22H2,1-4H3;1H. The zero-order valence-corrected chi connectivity index (χ0v) is 17.2. The fourth-order valence-electron chi connectivity index (χ4n) is 2.91. The Kier molecular flexibility index (Phi) is 7.17. The molecule has 23 heavy (non-hydrogen) atoms. The molecule has 0 fully saturated rings. The van der Waals surface area contributed by atoms with Crippen LogP contribution in [0, 0.1) is 5.41 Å². The Hall–Kier alpha value is -0.980. The van der Waals surface area contributed by atoms with E-state index in [0.29, 0.717) is 6.42 Å². The summed E-state index contributed by atoms with van der Waals surface area (Å²) in [4.78, 5) is 11.9. The molecule has 1 aliphatic rings. The molecule has 1 aliphatic carbocycles. The summed E-state index contributed by atoms with van der Waals surface area (Å²) in [5.41, 5.74) is 4.61. The van der Waals surface area contributed by atoms with E-state index in [4.69, 9.17) is 0 Å². The summed E-state index contributed by atoms with van der Waals surface area (Å²) >= 11 is 0. The number of ketones is 1. The number of halogens is 1. The van der Waals surface area contributed by atoms with Gasteiger partial charge in [0.15, 0.2) is 5.78 Å². The van der Waals surface area contributed by atoms with Crippen LogP contribution in [0.3, 0.4) is 0 Å². The molecule has 1 aromatic carbocycles. The molecule has 0 saturated carbocycles. The minimum absolute atomic E-state index is 0. The van der Waals surface area contributed by atoms with Crippen LogP contribution in [0.5, 0.6) is 0 Å². The number of rotatable bonds is 4. The number of carbonyl (C=O) groups excluding carboxylic acids is 1. The van der Waals surface area contributed by atoms with Gasteiger partial charge in [-0.2, -0.15) is 0 Å². The predicted molar refractivity (Wildman–Crippen MR) is 109 cm³/mol. The molecule has 2 rings (SSSR count). The fraction of sp³-hybridized carbons (Fsp3) is 0.350. The lowest BCUT2D eigenvalue weighted by Gasteiger charge is -2.19. The van der Waals surface area contributed by atoms with E-state index in [9.17, 15) is 4.79 Å². The predicted octanol–water partition coefficient (Wildman–Crippen LogP) is 5.13. The molecule has 1 aromatic rings. The largest absolute Gasteiger partial charge is 0.295 e. The molecule has 1 unspecified atom stereocenters. The van der Waals surface area contributed by atoms with Crippen molar-refractivity contribution in [2.24, 2.45) is 5.41 Å². The maximum Gasteiger partial charge on any atom is 0.159 e. The molecular weight excluding hydrogens is 367 g/mol. The van der Waals surface area contributed by atoms with E-state index >= 15 is 0 Å². The van der Waals surface area contributed by atoms with E-state index in [0.717, 1.165) is 12.0 Å². The van der Waals surface area contributed by atoms with E-state index in [2.05, 4.69) is 72.5 Å². The molecule has 124 valence electrons. The monoisotopic (exact) mass is 392 g/mol. The van der Waals surface area contributed by atoms with Gasteiger partial charge in [-0.05, 0) is 47.7 Å². The smallest absolute Gasteiger partial charge is 0.159 e. The normalized spacial score (nSPS) is 17.8. The van der Waals surface area contributed by atoms with Crippen molar-refractivity contribution in [3.8, 4) is 0 Å². The Morgan fingerprint density at radius 1 is 1.30 bits per heavy atom. The van der Waals surface area contributed by atoms with Gasteiger partial charge in [0.2, 0.25) is 0 Å². The second-order valence-corrected chi connectivity index (χ2v) is 7.33. The first-order valence-electron chi connectivity index (χ1n) is 7.74. The van der Waals surface area contributed by atoms with Crippen LogP contribution in [-0.4, -0.2) is 5.78 Å². The molecule has 3 heteroatoms. The van der Waals surface area contributed by atoms with E-state index < -0.39 is 0 Å². The SMILES string of the molecule is Br.CC(C=CC1=C(C)C(=O)CC1(C)C)=CCc1ccccc1P. The molecule has 1 atom stereocenters. The van der Waals surface area contributed by atoms with Gasteiger partial charge >= 0.3 is 0 Å². The summed E-state index contributed by atoms with van der Waals surface area (Å²) in [5.74, 6) is 0.281. The van der Waals surface area contributed by atoms with Crippen LogP contribution in [-0.2, 0) is 11.2 Å². The van der Waals surface area contributed by atoms with Crippen molar-refractivity contribution >= 4 is 37.3 Å². The third-order valence-corrected chi connectivity index (χ3v) is 4.93. The van der Waals surface area contributed by atoms with Crippen molar-refractivity contribution in [3.63, 3.8) is 0 Å². The Morgan fingerprint density at radius 3 is 2.52 bits per heavy atom. The van der Waals surface area contributed by atoms with Crippen molar-refractivity contribution in [3.05, 3.63) is 64.8 Å². The molecule has 1 nitrogen and oxygen atoms in total. The van der Waals surface area contributed by atoms with Gasteiger partial charge in [-0.1, -0.05) is 61.9 Å². The third-order valence-electron chi connectivity index (χ3n) is 4.37. The first-order chi connectivity index (χ1) is 10.3. The topological polar surface area (TPSA) is 17.1 Å². The molecule has 0 amide bonds. The van der Waals surface area contributed by atoms with Gasteiger partial charge in [0.05, 0.1) is 0 Å². The van der Waals surface area contributed by atoms with Gasteiger partial charge in [0, 0.05) is 6.42 Å². The minimum Gasteiger partial charge on any atom is -0.295 e. The van der Waals surface area contributed by atoms with Crippen molar-refractivity contribution in [2.75, 3.05) is 0 Å². The second-order valence-electron chi connectivity index (χ2n) is 6.71. The van der Waals surface area contributed by atoms with E-state index in [1.807, 2.05) is 6.92 Å². The zero-order valence-electron chi connectivity index (χ0n) is 14.3. The van der Waals surface area contributed by atoms with E-state index in [1.165, 1.54) is 22.0 Å². The zero-order chi connectivity index (χ0) is 16.3. The van der Waals surface area contributed by atoms with E-state index in [-0.39, 0.29) is 28.2 Å². The molecule has 0 bridgehead atoms. The number of hydrogen-bond acceptors (Lipinski definition) is 1. The lowest BCUT2D eigenvalue weighted by molar-refractivity contribution is -0.115. The van der Waals surface area contributed by atoms with Gasteiger partial charge in [0.25, 0.3) is 0 Å². The first kappa shape index (κ1) is 20.1. The molecule has 0 radical (unpaired) electrons. The summed E-state index contributed by atoms with van der Waals surface area (Å²) in [6, 6.07) is 8.39. The highest BCUT2D eigenvalue weighted by Crippen LogP contribution is 2.40. The Balaban J connectivity index is 0.00000264. The van der Waals surface area contributed by atoms with Crippen LogP contribution >= 0.6 is 26.2 Å². The Morgan fingerprint density at radius 2 is 1.96 bits per heavy atom. The highest BCUT2D eigenvalue weighted by Gasteiger charge is 2.34. The molecule has 0 heterocycles. The summed E-state index contributed by atoms with van der Waals surface area (Å²) in [6.07, 6.45) is 8.04. The minimum atomic E-state index is -0.0371. The number of carbonyl (C=O) groups is 1. The van der Waals surface area contributed by atoms with Crippen molar-refractivity contribution in [1.29, 1.82) is 0 Å². The first-order valence-corrected chi connectivity index (χ1v) is 8.32. The van der Waals surface area contributed by atoms with Crippen LogP contribution in [0.4, 0.5) is 0 Å². The van der Waals surface area contributed by atoms with Gasteiger partial charge in [-0.3, -0.25) is 4.79 Å². The average Bonchev–Trinajstić information content (AvgIpc) is 2.64. The third kappa shape index (κ3) is 4.99. The summed E-state index contributed by atoms with van der Waals surface area (Å²) in [5, 5.41) is 1.25. The fourth-order valence-corrected chi connectivity index (χ4v) is 3.24. The number of benzene rings is 1. The lowest BCUT2D eigenvalue weighted by Crippen LogP contribution is -2.09. The lowest BCUT2D eigenvalue weighted by atomic mass is 9.85. The summed E-state index contributed by atoms with van der Waals surface area (Å²) in [7, 11) is 2.78.